The quantitative estimate of drug-likeness (QED) is 0.554. The maximum absolute atomic E-state index is 12.0. The zero-order valence-corrected chi connectivity index (χ0v) is 12.3. The number of halogens is 1. The Hall–Kier alpha value is -1.33. The third kappa shape index (κ3) is 5.04. The van der Waals surface area contributed by atoms with Gasteiger partial charge < -0.3 is 10.7 Å². The number of rotatable bonds is 6. The van der Waals surface area contributed by atoms with Crippen molar-refractivity contribution in [2.45, 2.75) is 39.7 Å². The smallest absolute Gasteiger partial charge is 0.253 e. The Morgan fingerprint density at radius 2 is 2.11 bits per heavy atom. The van der Waals surface area contributed by atoms with Crippen molar-refractivity contribution in [2.24, 2.45) is 11.8 Å². The average Bonchev–Trinajstić information content (AvgIpc) is 2.36. The van der Waals surface area contributed by atoms with E-state index in [0.29, 0.717) is 22.3 Å². The third-order valence-electron chi connectivity index (χ3n) is 2.79. The van der Waals surface area contributed by atoms with Crippen LogP contribution in [0.1, 0.15) is 44.0 Å². The predicted octanol–water partition coefficient (Wildman–Crippen LogP) is 2.58. The molecule has 0 aliphatic carbocycles. The number of hydrogen-bond donors (Lipinski definition) is 3. The number of nitrogens with zero attached hydrogens (tertiary/aromatic N) is 1. The Kier molecular flexibility index (Phi) is 6.05. The molecule has 0 aromatic carbocycles. The van der Waals surface area contributed by atoms with Crippen LogP contribution in [0.3, 0.4) is 0 Å². The normalized spacial score (nSPS) is 12.3. The first-order valence-electron chi connectivity index (χ1n) is 6.37. The van der Waals surface area contributed by atoms with Crippen LogP contribution in [0.2, 0.25) is 5.02 Å². The Morgan fingerprint density at radius 3 is 2.63 bits per heavy atom. The highest BCUT2D eigenvalue weighted by atomic mass is 35.5. The molecule has 0 bridgehead atoms. The van der Waals surface area contributed by atoms with Crippen molar-refractivity contribution in [3.05, 3.63) is 22.8 Å². The second-order valence-electron chi connectivity index (χ2n) is 5.04. The van der Waals surface area contributed by atoms with Crippen LogP contribution < -0.4 is 16.6 Å². The highest BCUT2D eigenvalue weighted by molar-refractivity contribution is 6.33. The van der Waals surface area contributed by atoms with E-state index in [1.54, 1.807) is 6.07 Å². The molecular weight excluding hydrogens is 264 g/mol. The van der Waals surface area contributed by atoms with Gasteiger partial charge in [0.05, 0.1) is 10.6 Å². The fraction of sp³-hybridized carbons (Fsp3) is 0.538. The van der Waals surface area contributed by atoms with E-state index in [4.69, 9.17) is 17.4 Å². The third-order valence-corrected chi connectivity index (χ3v) is 3.08. The molecule has 106 valence electrons. The first kappa shape index (κ1) is 15.7. The van der Waals surface area contributed by atoms with Crippen LogP contribution in [-0.2, 0) is 0 Å². The van der Waals surface area contributed by atoms with Crippen molar-refractivity contribution in [3.63, 3.8) is 0 Å². The van der Waals surface area contributed by atoms with Crippen molar-refractivity contribution in [1.82, 2.24) is 10.3 Å². The van der Waals surface area contributed by atoms with E-state index in [1.165, 1.54) is 6.20 Å². The Bertz CT molecular complexity index is 437. The standard InChI is InChI=1S/C13H21ClN4O/c1-8(2)4-5-9(3)17-13(19)10-6-11(14)12(18-15)16-7-10/h6-9H,4-5,15H2,1-3H3,(H,16,18)(H,17,19). The Morgan fingerprint density at radius 1 is 1.42 bits per heavy atom. The molecule has 1 heterocycles. The van der Waals surface area contributed by atoms with E-state index < -0.39 is 0 Å². The summed E-state index contributed by atoms with van der Waals surface area (Å²) in [6.45, 7) is 6.32. The van der Waals surface area contributed by atoms with Gasteiger partial charge in [0.1, 0.15) is 0 Å². The van der Waals surface area contributed by atoms with Crippen molar-refractivity contribution >= 4 is 23.3 Å². The number of hydrogen-bond acceptors (Lipinski definition) is 4. The van der Waals surface area contributed by atoms with Gasteiger partial charge in [0.15, 0.2) is 5.82 Å². The van der Waals surface area contributed by atoms with Crippen molar-refractivity contribution in [1.29, 1.82) is 0 Å². The molecule has 1 aromatic rings. The number of anilines is 1. The fourth-order valence-electron chi connectivity index (χ4n) is 1.63. The predicted molar refractivity (Wildman–Crippen MR) is 78.1 cm³/mol. The van der Waals surface area contributed by atoms with Crippen molar-refractivity contribution < 1.29 is 4.79 Å². The maximum atomic E-state index is 12.0. The molecule has 0 fully saturated rings. The minimum atomic E-state index is -0.172. The van der Waals surface area contributed by atoms with Crippen LogP contribution in [-0.4, -0.2) is 16.9 Å². The molecule has 1 atom stereocenters. The van der Waals surface area contributed by atoms with Crippen LogP contribution in [0.4, 0.5) is 5.82 Å². The zero-order chi connectivity index (χ0) is 14.4. The lowest BCUT2D eigenvalue weighted by atomic mass is 10.0. The second kappa shape index (κ2) is 7.31. The molecule has 5 nitrogen and oxygen atoms in total. The zero-order valence-electron chi connectivity index (χ0n) is 11.5. The topological polar surface area (TPSA) is 80.0 Å². The number of amides is 1. The summed E-state index contributed by atoms with van der Waals surface area (Å²) in [7, 11) is 0. The van der Waals surface area contributed by atoms with Gasteiger partial charge in [0.2, 0.25) is 0 Å². The summed E-state index contributed by atoms with van der Waals surface area (Å²) in [4.78, 5) is 16.0. The molecule has 1 rings (SSSR count). The number of aromatic nitrogens is 1. The summed E-state index contributed by atoms with van der Waals surface area (Å²) in [5.41, 5.74) is 2.79. The second-order valence-corrected chi connectivity index (χ2v) is 5.45. The lowest BCUT2D eigenvalue weighted by molar-refractivity contribution is 0.0937. The van der Waals surface area contributed by atoms with E-state index in [9.17, 15) is 4.79 Å². The summed E-state index contributed by atoms with van der Waals surface area (Å²) < 4.78 is 0. The average molecular weight is 285 g/mol. The number of nitrogens with one attached hydrogen (secondary N) is 2. The van der Waals surface area contributed by atoms with Gasteiger partial charge >= 0.3 is 0 Å². The van der Waals surface area contributed by atoms with Crippen LogP contribution in [0.15, 0.2) is 12.3 Å². The van der Waals surface area contributed by atoms with E-state index in [1.807, 2.05) is 6.92 Å². The minimum absolute atomic E-state index is 0.126. The van der Waals surface area contributed by atoms with Gasteiger partial charge in [-0.05, 0) is 31.7 Å². The number of carbonyl (C=O) groups is 1. The largest absolute Gasteiger partial charge is 0.350 e. The molecule has 0 spiro atoms. The van der Waals surface area contributed by atoms with Gasteiger partial charge in [0.25, 0.3) is 5.91 Å². The molecular formula is C13H21ClN4O. The summed E-state index contributed by atoms with van der Waals surface area (Å²) in [5.74, 6) is 6.04. The summed E-state index contributed by atoms with van der Waals surface area (Å²) in [6.07, 6.45) is 3.48. The Balaban J connectivity index is 2.60. The van der Waals surface area contributed by atoms with Gasteiger partial charge in [-0.1, -0.05) is 25.4 Å². The molecule has 1 amide bonds. The number of nitrogen functional groups attached to an aromatic ring is 1. The highest BCUT2D eigenvalue weighted by Crippen LogP contribution is 2.19. The van der Waals surface area contributed by atoms with E-state index in [-0.39, 0.29) is 11.9 Å². The van der Waals surface area contributed by atoms with Crippen LogP contribution in [0.5, 0.6) is 0 Å². The van der Waals surface area contributed by atoms with E-state index >= 15 is 0 Å². The molecule has 1 unspecified atom stereocenters. The molecule has 19 heavy (non-hydrogen) atoms. The summed E-state index contributed by atoms with van der Waals surface area (Å²) in [6, 6.07) is 1.68. The fourth-order valence-corrected chi connectivity index (χ4v) is 1.85. The molecule has 0 aliphatic heterocycles. The van der Waals surface area contributed by atoms with Crippen LogP contribution in [0.25, 0.3) is 0 Å². The maximum Gasteiger partial charge on any atom is 0.253 e. The van der Waals surface area contributed by atoms with Crippen molar-refractivity contribution in [3.8, 4) is 0 Å². The molecule has 0 radical (unpaired) electrons. The highest BCUT2D eigenvalue weighted by Gasteiger charge is 2.12. The van der Waals surface area contributed by atoms with E-state index in [0.717, 1.165) is 12.8 Å². The van der Waals surface area contributed by atoms with Crippen LogP contribution >= 0.6 is 11.6 Å². The molecule has 0 aliphatic rings. The Labute approximate surface area is 118 Å². The monoisotopic (exact) mass is 284 g/mol. The lowest BCUT2D eigenvalue weighted by Gasteiger charge is -2.15. The number of nitrogens with two attached hydrogens (primary N) is 1. The number of pyridine rings is 1. The lowest BCUT2D eigenvalue weighted by Crippen LogP contribution is -2.32. The van der Waals surface area contributed by atoms with Crippen LogP contribution in [0, 0.1) is 5.92 Å². The van der Waals surface area contributed by atoms with Gasteiger partial charge in [-0.25, -0.2) is 10.8 Å². The number of hydrazine groups is 1. The van der Waals surface area contributed by atoms with Gasteiger partial charge in [-0.3, -0.25) is 4.79 Å². The van der Waals surface area contributed by atoms with Gasteiger partial charge in [-0.2, -0.15) is 0 Å². The molecule has 0 saturated carbocycles. The molecule has 6 heteroatoms. The molecule has 0 saturated heterocycles. The summed E-state index contributed by atoms with van der Waals surface area (Å²) >= 11 is 5.93. The van der Waals surface area contributed by atoms with E-state index in [2.05, 4.69) is 29.6 Å². The first-order valence-corrected chi connectivity index (χ1v) is 6.74. The first-order chi connectivity index (χ1) is 8.93. The van der Waals surface area contributed by atoms with Gasteiger partial charge in [-0.15, -0.1) is 0 Å². The SMILES string of the molecule is CC(C)CCC(C)NC(=O)c1cnc(NN)c(Cl)c1. The minimum Gasteiger partial charge on any atom is -0.350 e. The van der Waals surface area contributed by atoms with Gasteiger partial charge in [0, 0.05) is 12.2 Å². The summed E-state index contributed by atoms with van der Waals surface area (Å²) in [5, 5.41) is 3.25. The number of carbonyl (C=O) groups excluding carboxylic acids is 1. The van der Waals surface area contributed by atoms with Crippen molar-refractivity contribution in [2.75, 3.05) is 5.43 Å². The molecule has 4 N–H and O–H groups in total. The molecule has 1 aromatic heterocycles.